The molecule has 68 valence electrons. The van der Waals surface area contributed by atoms with Gasteiger partial charge in [-0.05, 0) is 12.3 Å². The van der Waals surface area contributed by atoms with Crippen LogP contribution in [0.2, 0.25) is 0 Å². The smallest absolute Gasteiger partial charge is 0.306 e. The molecule has 0 aliphatic carbocycles. The van der Waals surface area contributed by atoms with Crippen molar-refractivity contribution in [1.29, 1.82) is 0 Å². The summed E-state index contributed by atoms with van der Waals surface area (Å²) in [5.74, 6) is -1.08. The molecule has 0 saturated carbocycles. The number of aliphatic carboxylic acids is 1. The second-order valence-corrected chi connectivity index (χ2v) is 3.20. The molecule has 2 atom stereocenters. The third kappa shape index (κ3) is 1.72. The van der Waals surface area contributed by atoms with E-state index < -0.39 is 5.97 Å². The van der Waals surface area contributed by atoms with Gasteiger partial charge in [0.05, 0.1) is 11.2 Å². The average Bonchev–Trinajstić information content (AvgIpc) is 2.03. The SMILES string of the molecule is CC1CN(N=O)CCC1C(=O)O. The first-order valence-electron chi connectivity index (χ1n) is 3.96. The van der Waals surface area contributed by atoms with Crippen LogP contribution in [0, 0.1) is 16.7 Å². The topological polar surface area (TPSA) is 70.0 Å². The van der Waals surface area contributed by atoms with Gasteiger partial charge in [0.15, 0.2) is 0 Å². The largest absolute Gasteiger partial charge is 0.481 e. The van der Waals surface area contributed by atoms with E-state index in [0.717, 1.165) is 0 Å². The Hall–Kier alpha value is -1.13. The number of hydrogen-bond donors (Lipinski definition) is 1. The van der Waals surface area contributed by atoms with Crippen LogP contribution in [0.1, 0.15) is 13.3 Å². The molecule has 1 saturated heterocycles. The Bertz CT molecular complexity index is 195. The van der Waals surface area contributed by atoms with Crippen molar-refractivity contribution < 1.29 is 9.90 Å². The van der Waals surface area contributed by atoms with E-state index in [0.29, 0.717) is 19.5 Å². The molecule has 0 bridgehead atoms. The zero-order valence-corrected chi connectivity index (χ0v) is 6.93. The molecule has 5 nitrogen and oxygen atoms in total. The Morgan fingerprint density at radius 2 is 2.33 bits per heavy atom. The van der Waals surface area contributed by atoms with Crippen LogP contribution in [0.4, 0.5) is 0 Å². The summed E-state index contributed by atoms with van der Waals surface area (Å²) in [6.45, 7) is 2.75. The second-order valence-electron chi connectivity index (χ2n) is 3.20. The van der Waals surface area contributed by atoms with Gasteiger partial charge in [0.2, 0.25) is 0 Å². The molecule has 12 heavy (non-hydrogen) atoms. The highest BCUT2D eigenvalue weighted by atomic mass is 16.4. The highest BCUT2D eigenvalue weighted by Crippen LogP contribution is 2.23. The minimum Gasteiger partial charge on any atom is -0.481 e. The zero-order chi connectivity index (χ0) is 9.14. The van der Waals surface area contributed by atoms with Crippen LogP contribution in [-0.2, 0) is 4.79 Å². The Morgan fingerprint density at radius 3 is 2.75 bits per heavy atom. The molecule has 0 aromatic heterocycles. The van der Waals surface area contributed by atoms with Crippen LogP contribution >= 0.6 is 0 Å². The van der Waals surface area contributed by atoms with E-state index in [-0.39, 0.29) is 11.8 Å². The normalized spacial score (nSPS) is 29.9. The Kier molecular flexibility index (Phi) is 2.62. The molecule has 0 radical (unpaired) electrons. The molecule has 1 fully saturated rings. The van der Waals surface area contributed by atoms with Gasteiger partial charge in [0.1, 0.15) is 0 Å². The number of hydrogen-bond acceptors (Lipinski definition) is 3. The van der Waals surface area contributed by atoms with Gasteiger partial charge in [-0.15, -0.1) is 4.91 Å². The van der Waals surface area contributed by atoms with Crippen molar-refractivity contribution in [3.05, 3.63) is 4.91 Å². The van der Waals surface area contributed by atoms with Gasteiger partial charge in [-0.2, -0.15) is 0 Å². The summed E-state index contributed by atoms with van der Waals surface area (Å²) in [6, 6.07) is 0. The van der Waals surface area contributed by atoms with Crippen LogP contribution in [0.3, 0.4) is 0 Å². The van der Waals surface area contributed by atoms with E-state index in [4.69, 9.17) is 5.11 Å². The standard InChI is InChI=1S/C7H12N2O3/c1-5-4-9(8-12)3-2-6(5)7(10)11/h5-6H,2-4H2,1H3,(H,10,11). The summed E-state index contributed by atoms with van der Waals surface area (Å²) in [7, 11) is 0. The van der Waals surface area contributed by atoms with Gasteiger partial charge < -0.3 is 5.11 Å². The van der Waals surface area contributed by atoms with E-state index in [1.807, 2.05) is 6.92 Å². The summed E-state index contributed by atoms with van der Waals surface area (Å²) in [4.78, 5) is 20.7. The molecule has 5 heteroatoms. The number of nitroso groups, excluding NO2 is 1. The number of carbonyl (C=O) groups is 1. The number of carboxylic acid groups (broad SMARTS) is 1. The van der Waals surface area contributed by atoms with Crippen LogP contribution in [-0.4, -0.2) is 29.2 Å². The minimum atomic E-state index is -0.770. The molecule has 1 aliphatic heterocycles. The van der Waals surface area contributed by atoms with Crippen molar-refractivity contribution in [2.24, 2.45) is 17.1 Å². The van der Waals surface area contributed by atoms with Gasteiger partial charge in [-0.3, -0.25) is 9.80 Å². The first kappa shape index (κ1) is 8.96. The highest BCUT2D eigenvalue weighted by Gasteiger charge is 2.30. The summed E-state index contributed by atoms with van der Waals surface area (Å²) in [5, 5.41) is 12.9. The van der Waals surface area contributed by atoms with Crippen LogP contribution in [0.15, 0.2) is 5.29 Å². The first-order chi connectivity index (χ1) is 5.65. The lowest BCUT2D eigenvalue weighted by atomic mass is 9.88. The summed E-state index contributed by atoms with van der Waals surface area (Å²) in [5.41, 5.74) is 0. The lowest BCUT2D eigenvalue weighted by Crippen LogP contribution is -2.39. The third-order valence-corrected chi connectivity index (χ3v) is 2.32. The molecule has 0 aromatic rings. The van der Waals surface area contributed by atoms with Crippen molar-refractivity contribution >= 4 is 5.97 Å². The first-order valence-corrected chi connectivity index (χ1v) is 3.96. The fourth-order valence-corrected chi connectivity index (χ4v) is 1.56. The van der Waals surface area contributed by atoms with E-state index in [9.17, 15) is 9.70 Å². The van der Waals surface area contributed by atoms with Crippen molar-refractivity contribution in [3.63, 3.8) is 0 Å². The van der Waals surface area contributed by atoms with Crippen LogP contribution in [0.25, 0.3) is 0 Å². The Balaban J connectivity index is 2.53. The molecule has 0 amide bonds. The minimum absolute atomic E-state index is 0.00829. The molecule has 1 heterocycles. The average molecular weight is 172 g/mol. The highest BCUT2D eigenvalue weighted by molar-refractivity contribution is 5.70. The predicted octanol–water partition coefficient (Wildman–Crippen LogP) is 0.710. The number of piperidine rings is 1. The second kappa shape index (κ2) is 3.51. The molecule has 0 spiro atoms. The maximum atomic E-state index is 10.6. The van der Waals surface area contributed by atoms with Crippen molar-refractivity contribution in [2.45, 2.75) is 13.3 Å². The Labute approximate surface area is 70.3 Å². The number of rotatable bonds is 2. The van der Waals surface area contributed by atoms with E-state index >= 15 is 0 Å². The number of nitrogens with zero attached hydrogens (tertiary/aromatic N) is 2. The van der Waals surface area contributed by atoms with Gasteiger partial charge in [0.25, 0.3) is 0 Å². The lowest BCUT2D eigenvalue weighted by molar-refractivity contribution is -0.145. The molecular weight excluding hydrogens is 160 g/mol. The van der Waals surface area contributed by atoms with E-state index in [1.54, 1.807) is 0 Å². The van der Waals surface area contributed by atoms with Crippen molar-refractivity contribution in [3.8, 4) is 0 Å². The van der Waals surface area contributed by atoms with Gasteiger partial charge >= 0.3 is 5.97 Å². The van der Waals surface area contributed by atoms with Crippen molar-refractivity contribution in [1.82, 2.24) is 5.01 Å². The molecule has 1 aliphatic rings. The fraction of sp³-hybridized carbons (Fsp3) is 0.857. The summed E-state index contributed by atoms with van der Waals surface area (Å²) in [6.07, 6.45) is 0.516. The maximum absolute atomic E-state index is 10.6. The van der Waals surface area contributed by atoms with Crippen LogP contribution < -0.4 is 0 Å². The Morgan fingerprint density at radius 1 is 1.67 bits per heavy atom. The summed E-state index contributed by atoms with van der Waals surface area (Å²) < 4.78 is 0. The summed E-state index contributed by atoms with van der Waals surface area (Å²) >= 11 is 0. The maximum Gasteiger partial charge on any atom is 0.306 e. The third-order valence-electron chi connectivity index (χ3n) is 2.32. The monoisotopic (exact) mass is 172 g/mol. The predicted molar refractivity (Wildman–Crippen MR) is 42.3 cm³/mol. The fourth-order valence-electron chi connectivity index (χ4n) is 1.56. The van der Waals surface area contributed by atoms with E-state index in [1.165, 1.54) is 5.01 Å². The van der Waals surface area contributed by atoms with Crippen LogP contribution in [0.5, 0.6) is 0 Å². The lowest BCUT2D eigenvalue weighted by Gasteiger charge is -2.30. The molecule has 0 aromatic carbocycles. The molecule has 1 rings (SSSR count). The zero-order valence-electron chi connectivity index (χ0n) is 6.93. The molecular formula is C7H12N2O3. The van der Waals surface area contributed by atoms with Gasteiger partial charge in [-0.1, -0.05) is 6.92 Å². The van der Waals surface area contributed by atoms with Gasteiger partial charge in [-0.25, -0.2) is 0 Å². The van der Waals surface area contributed by atoms with E-state index in [2.05, 4.69) is 5.29 Å². The number of carboxylic acids is 1. The van der Waals surface area contributed by atoms with Crippen molar-refractivity contribution in [2.75, 3.05) is 13.1 Å². The van der Waals surface area contributed by atoms with Gasteiger partial charge in [0, 0.05) is 13.1 Å². The quantitative estimate of drug-likeness (QED) is 0.623. The molecule has 1 N–H and O–H groups in total. The molecule has 2 unspecified atom stereocenters.